The summed E-state index contributed by atoms with van der Waals surface area (Å²) in [5.41, 5.74) is 3.49. The Morgan fingerprint density at radius 1 is 0.880 bits per heavy atom. The number of rotatable bonds is 3. The van der Waals surface area contributed by atoms with Crippen molar-refractivity contribution < 1.29 is 9.53 Å². The normalized spacial score (nSPS) is 14.3. The fourth-order valence-corrected chi connectivity index (χ4v) is 3.20. The van der Waals surface area contributed by atoms with Gasteiger partial charge in [-0.2, -0.15) is 0 Å². The molecule has 5 heteroatoms. The molecule has 1 aliphatic rings. The van der Waals surface area contributed by atoms with E-state index in [1.807, 2.05) is 60.4 Å². The molecule has 0 unspecified atom stereocenters. The molecule has 2 aromatic carbocycles. The van der Waals surface area contributed by atoms with E-state index in [1.165, 1.54) is 0 Å². The fourth-order valence-electron chi connectivity index (χ4n) is 2.94. The Kier molecular flexibility index (Phi) is 5.79. The summed E-state index contributed by atoms with van der Waals surface area (Å²) >= 11 is 12.0. The van der Waals surface area contributed by atoms with Gasteiger partial charge in [0.15, 0.2) is 0 Å². The largest absolute Gasteiger partial charge is 0.378 e. The minimum Gasteiger partial charge on any atom is -0.378 e. The molecule has 0 atom stereocenters. The molecule has 0 bridgehead atoms. The van der Waals surface area contributed by atoms with Crippen molar-refractivity contribution in [3.05, 3.63) is 75.3 Å². The molecule has 25 heavy (non-hydrogen) atoms. The zero-order valence-electron chi connectivity index (χ0n) is 14.0. The average Bonchev–Trinajstić information content (AvgIpc) is 2.65. The zero-order valence-corrected chi connectivity index (χ0v) is 15.5. The number of carbonyl (C=O) groups excluding carboxylic acids is 1. The predicted octanol–water partition coefficient (Wildman–Crippen LogP) is 4.67. The van der Waals surface area contributed by atoms with Gasteiger partial charge in [-0.15, -0.1) is 0 Å². The molecule has 0 saturated carbocycles. The molecule has 1 amide bonds. The molecule has 1 fully saturated rings. The Bertz CT molecular complexity index is 729. The zero-order chi connectivity index (χ0) is 17.8. The SMILES string of the molecule is CC(C(=O)N1CCOCC1)=C(c1ccc(Cl)cc1)c1ccc(Cl)cc1. The molecule has 3 nitrogen and oxygen atoms in total. The third-order valence-electron chi connectivity index (χ3n) is 4.26. The van der Waals surface area contributed by atoms with Crippen molar-refractivity contribution in [1.82, 2.24) is 4.90 Å². The number of halogens is 2. The van der Waals surface area contributed by atoms with Crippen LogP contribution in [-0.4, -0.2) is 37.1 Å². The van der Waals surface area contributed by atoms with Crippen LogP contribution in [0.5, 0.6) is 0 Å². The lowest BCUT2D eigenvalue weighted by atomic mass is 9.93. The minimum atomic E-state index is 0.0307. The maximum absolute atomic E-state index is 13.0. The summed E-state index contributed by atoms with van der Waals surface area (Å²) < 4.78 is 5.35. The van der Waals surface area contributed by atoms with E-state index < -0.39 is 0 Å². The molecular weight excluding hydrogens is 357 g/mol. The summed E-state index contributed by atoms with van der Waals surface area (Å²) in [4.78, 5) is 14.8. The van der Waals surface area contributed by atoms with Crippen molar-refractivity contribution in [2.75, 3.05) is 26.3 Å². The molecule has 0 aliphatic carbocycles. The average molecular weight is 376 g/mol. The molecule has 1 heterocycles. The monoisotopic (exact) mass is 375 g/mol. The Labute approximate surface area is 157 Å². The van der Waals surface area contributed by atoms with Crippen molar-refractivity contribution in [2.45, 2.75) is 6.92 Å². The maximum Gasteiger partial charge on any atom is 0.250 e. The van der Waals surface area contributed by atoms with E-state index in [0.29, 0.717) is 41.9 Å². The molecular formula is C20H19Cl2NO2. The highest BCUT2D eigenvalue weighted by atomic mass is 35.5. The quantitative estimate of drug-likeness (QED) is 0.729. The van der Waals surface area contributed by atoms with Gasteiger partial charge in [0.2, 0.25) is 5.91 Å². The number of benzene rings is 2. The molecule has 3 rings (SSSR count). The second kappa shape index (κ2) is 8.05. The Morgan fingerprint density at radius 3 is 1.76 bits per heavy atom. The van der Waals surface area contributed by atoms with Gasteiger partial charge in [0.05, 0.1) is 13.2 Å². The lowest BCUT2D eigenvalue weighted by Gasteiger charge is -2.28. The van der Waals surface area contributed by atoms with Gasteiger partial charge >= 0.3 is 0 Å². The first-order chi connectivity index (χ1) is 12.1. The van der Waals surface area contributed by atoms with Crippen molar-refractivity contribution in [1.29, 1.82) is 0 Å². The van der Waals surface area contributed by atoms with Crippen LogP contribution >= 0.6 is 23.2 Å². The number of hydrogen-bond acceptors (Lipinski definition) is 2. The van der Waals surface area contributed by atoms with Gasteiger partial charge in [-0.05, 0) is 47.9 Å². The summed E-state index contributed by atoms with van der Waals surface area (Å²) in [5, 5.41) is 1.33. The van der Waals surface area contributed by atoms with Gasteiger partial charge in [0, 0.05) is 28.7 Å². The van der Waals surface area contributed by atoms with E-state index in [4.69, 9.17) is 27.9 Å². The minimum absolute atomic E-state index is 0.0307. The maximum atomic E-state index is 13.0. The van der Waals surface area contributed by atoms with Gasteiger partial charge in [-0.3, -0.25) is 4.79 Å². The highest BCUT2D eigenvalue weighted by molar-refractivity contribution is 6.31. The summed E-state index contributed by atoms with van der Waals surface area (Å²) in [5.74, 6) is 0.0307. The van der Waals surface area contributed by atoms with E-state index in [1.54, 1.807) is 0 Å². The Hall–Kier alpha value is -1.81. The van der Waals surface area contributed by atoms with Gasteiger partial charge in [0.25, 0.3) is 0 Å². The van der Waals surface area contributed by atoms with Gasteiger partial charge < -0.3 is 9.64 Å². The molecule has 0 spiro atoms. The van der Waals surface area contributed by atoms with Gasteiger partial charge in [-0.25, -0.2) is 0 Å². The Morgan fingerprint density at radius 2 is 1.32 bits per heavy atom. The standard InChI is InChI=1S/C20H19Cl2NO2/c1-14(20(24)23-10-12-25-13-11-23)19(15-2-6-17(21)7-3-15)16-4-8-18(22)9-5-16/h2-9H,10-13H2,1H3. The number of ether oxygens (including phenoxy) is 1. The molecule has 130 valence electrons. The lowest BCUT2D eigenvalue weighted by molar-refractivity contribution is -0.131. The molecule has 2 aromatic rings. The van der Waals surface area contributed by atoms with Crippen molar-refractivity contribution >= 4 is 34.7 Å². The Balaban J connectivity index is 2.06. The van der Waals surface area contributed by atoms with Crippen LogP contribution in [0.2, 0.25) is 10.0 Å². The van der Waals surface area contributed by atoms with Crippen molar-refractivity contribution in [3.8, 4) is 0 Å². The first-order valence-electron chi connectivity index (χ1n) is 8.16. The van der Waals surface area contributed by atoms with E-state index in [-0.39, 0.29) is 5.91 Å². The van der Waals surface area contributed by atoms with E-state index in [0.717, 1.165) is 16.7 Å². The van der Waals surface area contributed by atoms with Crippen LogP contribution in [0.1, 0.15) is 18.1 Å². The van der Waals surface area contributed by atoms with Crippen LogP contribution in [0.4, 0.5) is 0 Å². The lowest BCUT2D eigenvalue weighted by Crippen LogP contribution is -2.41. The van der Waals surface area contributed by atoms with Crippen LogP contribution < -0.4 is 0 Å². The highest BCUT2D eigenvalue weighted by Gasteiger charge is 2.22. The second-order valence-electron chi connectivity index (χ2n) is 5.92. The van der Waals surface area contributed by atoms with Crippen LogP contribution in [0, 0.1) is 0 Å². The predicted molar refractivity (Wildman–Crippen MR) is 102 cm³/mol. The van der Waals surface area contributed by atoms with Gasteiger partial charge in [-0.1, -0.05) is 47.5 Å². The topological polar surface area (TPSA) is 29.5 Å². The number of morpholine rings is 1. The molecule has 0 N–H and O–H groups in total. The van der Waals surface area contributed by atoms with E-state index >= 15 is 0 Å². The van der Waals surface area contributed by atoms with Crippen LogP contribution in [0.15, 0.2) is 54.1 Å². The van der Waals surface area contributed by atoms with E-state index in [2.05, 4.69) is 0 Å². The van der Waals surface area contributed by atoms with E-state index in [9.17, 15) is 4.79 Å². The van der Waals surface area contributed by atoms with Crippen LogP contribution in [-0.2, 0) is 9.53 Å². The highest BCUT2D eigenvalue weighted by Crippen LogP contribution is 2.30. The van der Waals surface area contributed by atoms with Gasteiger partial charge in [0.1, 0.15) is 0 Å². The third kappa shape index (κ3) is 4.24. The first-order valence-corrected chi connectivity index (χ1v) is 8.91. The summed E-state index contributed by atoms with van der Waals surface area (Å²) in [7, 11) is 0. The molecule has 0 radical (unpaired) electrons. The van der Waals surface area contributed by atoms with Crippen LogP contribution in [0.25, 0.3) is 5.57 Å². The molecule has 1 aliphatic heterocycles. The smallest absolute Gasteiger partial charge is 0.250 e. The number of carbonyl (C=O) groups is 1. The number of nitrogens with zero attached hydrogens (tertiary/aromatic N) is 1. The number of amides is 1. The summed E-state index contributed by atoms with van der Waals surface area (Å²) in [6.07, 6.45) is 0. The van der Waals surface area contributed by atoms with Crippen LogP contribution in [0.3, 0.4) is 0 Å². The fraction of sp³-hybridized carbons (Fsp3) is 0.250. The third-order valence-corrected chi connectivity index (χ3v) is 4.76. The van der Waals surface area contributed by atoms with Crippen molar-refractivity contribution in [3.63, 3.8) is 0 Å². The number of hydrogen-bond donors (Lipinski definition) is 0. The van der Waals surface area contributed by atoms with Crippen molar-refractivity contribution in [2.24, 2.45) is 0 Å². The molecule has 1 saturated heterocycles. The molecule has 0 aromatic heterocycles. The summed E-state index contributed by atoms with van der Waals surface area (Å²) in [6.45, 7) is 4.26. The first kappa shape index (κ1) is 18.0. The second-order valence-corrected chi connectivity index (χ2v) is 6.79. The summed E-state index contributed by atoms with van der Waals surface area (Å²) in [6, 6.07) is 15.1.